The average molecular weight is 297 g/mol. The van der Waals surface area contributed by atoms with Crippen molar-refractivity contribution in [3.8, 4) is 0 Å². The lowest BCUT2D eigenvalue weighted by molar-refractivity contribution is 0.589. The van der Waals surface area contributed by atoms with E-state index in [1.807, 2.05) is 12.1 Å². The molecule has 3 heterocycles. The number of fused-ring (bicyclic) bond motifs is 1. The van der Waals surface area contributed by atoms with Gasteiger partial charge in [0.2, 0.25) is 0 Å². The van der Waals surface area contributed by atoms with Crippen molar-refractivity contribution in [2.75, 3.05) is 11.5 Å². The highest BCUT2D eigenvalue weighted by Gasteiger charge is 2.17. The van der Waals surface area contributed by atoms with Crippen LogP contribution in [0.1, 0.15) is 12.1 Å². The fourth-order valence-electron chi connectivity index (χ4n) is 2.17. The lowest BCUT2D eigenvalue weighted by Gasteiger charge is -2.03. The molecule has 16 heavy (non-hydrogen) atoms. The van der Waals surface area contributed by atoms with Crippen LogP contribution in [0.3, 0.4) is 0 Å². The van der Waals surface area contributed by atoms with Crippen LogP contribution in [-0.4, -0.2) is 20.9 Å². The average Bonchev–Trinajstić information content (AvgIpc) is 2.88. The summed E-state index contributed by atoms with van der Waals surface area (Å²) >= 11 is 5.61. The van der Waals surface area contributed by atoms with Gasteiger partial charge >= 0.3 is 0 Å². The molecule has 0 N–H and O–H groups in total. The standard InChI is InChI=1S/C12H13BrN2S/c13-11-2-1-3-12-14-10(7-15(11)12)6-9-4-5-16-8-9/h1-3,7,9H,4-6,8H2. The van der Waals surface area contributed by atoms with E-state index in [9.17, 15) is 0 Å². The van der Waals surface area contributed by atoms with Crippen LogP contribution in [0.25, 0.3) is 5.65 Å². The Kier molecular flexibility index (Phi) is 2.94. The zero-order valence-corrected chi connectivity index (χ0v) is 11.3. The zero-order valence-electron chi connectivity index (χ0n) is 8.90. The molecule has 0 bridgehead atoms. The van der Waals surface area contributed by atoms with Crippen LogP contribution in [0.5, 0.6) is 0 Å². The Balaban J connectivity index is 1.90. The second-order valence-electron chi connectivity index (χ2n) is 4.24. The van der Waals surface area contributed by atoms with Crippen molar-refractivity contribution in [3.63, 3.8) is 0 Å². The molecule has 2 aromatic heterocycles. The molecule has 3 rings (SSSR count). The predicted molar refractivity (Wildman–Crippen MR) is 72.0 cm³/mol. The Morgan fingerprint density at radius 3 is 3.19 bits per heavy atom. The summed E-state index contributed by atoms with van der Waals surface area (Å²) in [4.78, 5) is 4.66. The van der Waals surface area contributed by atoms with Crippen molar-refractivity contribution in [1.29, 1.82) is 0 Å². The van der Waals surface area contributed by atoms with Crippen LogP contribution < -0.4 is 0 Å². The van der Waals surface area contributed by atoms with Crippen LogP contribution in [0.2, 0.25) is 0 Å². The highest BCUT2D eigenvalue weighted by Crippen LogP contribution is 2.26. The number of halogens is 1. The van der Waals surface area contributed by atoms with Crippen LogP contribution in [0.4, 0.5) is 0 Å². The molecule has 2 aromatic rings. The molecule has 0 aliphatic carbocycles. The summed E-state index contributed by atoms with van der Waals surface area (Å²) in [7, 11) is 0. The van der Waals surface area contributed by atoms with Gasteiger partial charge in [-0.2, -0.15) is 11.8 Å². The molecule has 1 aliphatic rings. The maximum atomic E-state index is 4.66. The third kappa shape index (κ3) is 2.00. The van der Waals surface area contributed by atoms with E-state index < -0.39 is 0 Å². The van der Waals surface area contributed by atoms with E-state index in [4.69, 9.17) is 0 Å². The van der Waals surface area contributed by atoms with E-state index >= 15 is 0 Å². The van der Waals surface area contributed by atoms with Crippen molar-refractivity contribution in [2.45, 2.75) is 12.8 Å². The van der Waals surface area contributed by atoms with Crippen molar-refractivity contribution >= 4 is 33.3 Å². The molecule has 0 spiro atoms. The molecule has 1 aliphatic heterocycles. The minimum Gasteiger partial charge on any atom is -0.294 e. The highest BCUT2D eigenvalue weighted by molar-refractivity contribution is 9.10. The quantitative estimate of drug-likeness (QED) is 0.791. The second-order valence-corrected chi connectivity index (χ2v) is 6.20. The summed E-state index contributed by atoms with van der Waals surface area (Å²) < 4.78 is 3.18. The minimum absolute atomic E-state index is 0.827. The first-order valence-corrected chi connectivity index (χ1v) is 7.48. The SMILES string of the molecule is Brc1cccc2nc(CC3CCSC3)cn12. The van der Waals surface area contributed by atoms with Gasteiger partial charge < -0.3 is 0 Å². The number of rotatable bonds is 2. The molecule has 1 unspecified atom stereocenters. The number of hydrogen-bond donors (Lipinski definition) is 0. The molecule has 0 amide bonds. The summed E-state index contributed by atoms with van der Waals surface area (Å²) in [6.07, 6.45) is 4.63. The van der Waals surface area contributed by atoms with Crippen molar-refractivity contribution < 1.29 is 0 Å². The van der Waals surface area contributed by atoms with Gasteiger partial charge in [0.15, 0.2) is 0 Å². The first-order valence-electron chi connectivity index (χ1n) is 5.53. The maximum Gasteiger partial charge on any atom is 0.137 e. The van der Waals surface area contributed by atoms with Gasteiger partial charge in [-0.3, -0.25) is 4.40 Å². The fraction of sp³-hybridized carbons (Fsp3) is 0.417. The number of imidazole rings is 1. The lowest BCUT2D eigenvalue weighted by atomic mass is 10.0. The fourth-order valence-corrected chi connectivity index (χ4v) is 3.89. The number of pyridine rings is 1. The Hall–Kier alpha value is -0.480. The van der Waals surface area contributed by atoms with Gasteiger partial charge in [-0.05, 0) is 58.3 Å². The summed E-state index contributed by atoms with van der Waals surface area (Å²) in [6.45, 7) is 0. The molecule has 4 heteroatoms. The molecular weight excluding hydrogens is 284 g/mol. The molecule has 2 nitrogen and oxygen atoms in total. The molecule has 0 aromatic carbocycles. The van der Waals surface area contributed by atoms with Crippen LogP contribution >= 0.6 is 27.7 Å². The molecule has 1 fully saturated rings. The van der Waals surface area contributed by atoms with Crippen LogP contribution in [0, 0.1) is 5.92 Å². The monoisotopic (exact) mass is 296 g/mol. The van der Waals surface area contributed by atoms with Crippen molar-refractivity contribution in [1.82, 2.24) is 9.38 Å². The molecule has 84 valence electrons. The maximum absolute atomic E-state index is 4.66. The highest BCUT2D eigenvalue weighted by atomic mass is 79.9. The predicted octanol–water partition coefficient (Wildman–Crippen LogP) is 3.39. The van der Waals surface area contributed by atoms with Crippen molar-refractivity contribution in [3.05, 3.63) is 34.7 Å². The van der Waals surface area contributed by atoms with Gasteiger partial charge in [-0.15, -0.1) is 0 Å². The third-order valence-corrected chi connectivity index (χ3v) is 4.89. The summed E-state index contributed by atoms with van der Waals surface area (Å²) in [5, 5.41) is 0. The number of hydrogen-bond acceptors (Lipinski definition) is 2. The van der Waals surface area contributed by atoms with E-state index in [0.717, 1.165) is 22.6 Å². The van der Waals surface area contributed by atoms with Gasteiger partial charge in [0.05, 0.1) is 10.3 Å². The normalized spacial score (nSPS) is 20.7. The zero-order chi connectivity index (χ0) is 11.0. The number of thioether (sulfide) groups is 1. The van der Waals surface area contributed by atoms with E-state index in [1.165, 1.54) is 23.6 Å². The van der Waals surface area contributed by atoms with E-state index in [2.05, 4.69) is 49.3 Å². The molecule has 0 radical (unpaired) electrons. The van der Waals surface area contributed by atoms with Gasteiger partial charge in [0.25, 0.3) is 0 Å². The molecular formula is C12H13BrN2S. The van der Waals surface area contributed by atoms with Gasteiger partial charge in [0.1, 0.15) is 5.65 Å². The van der Waals surface area contributed by atoms with Gasteiger partial charge in [0, 0.05) is 6.20 Å². The topological polar surface area (TPSA) is 17.3 Å². The van der Waals surface area contributed by atoms with E-state index in [-0.39, 0.29) is 0 Å². The van der Waals surface area contributed by atoms with Gasteiger partial charge in [-0.25, -0.2) is 4.98 Å². The molecule has 0 saturated carbocycles. The summed E-state index contributed by atoms with van der Waals surface area (Å²) in [5.41, 5.74) is 2.26. The van der Waals surface area contributed by atoms with E-state index in [0.29, 0.717) is 0 Å². The Morgan fingerprint density at radius 2 is 2.44 bits per heavy atom. The first kappa shape index (κ1) is 10.7. The Labute approximate surface area is 108 Å². The van der Waals surface area contributed by atoms with E-state index in [1.54, 1.807) is 0 Å². The van der Waals surface area contributed by atoms with Gasteiger partial charge in [-0.1, -0.05) is 6.07 Å². The molecule has 1 atom stereocenters. The largest absolute Gasteiger partial charge is 0.294 e. The molecule has 1 saturated heterocycles. The van der Waals surface area contributed by atoms with Crippen LogP contribution in [-0.2, 0) is 6.42 Å². The minimum atomic E-state index is 0.827. The number of aromatic nitrogens is 2. The van der Waals surface area contributed by atoms with Crippen molar-refractivity contribution in [2.24, 2.45) is 5.92 Å². The number of nitrogens with zero attached hydrogens (tertiary/aromatic N) is 2. The smallest absolute Gasteiger partial charge is 0.137 e. The lowest BCUT2D eigenvalue weighted by Crippen LogP contribution is -2.02. The summed E-state index contributed by atoms with van der Waals surface area (Å²) in [6, 6.07) is 6.13. The first-order chi connectivity index (χ1) is 7.83. The third-order valence-electron chi connectivity index (χ3n) is 3.01. The summed E-state index contributed by atoms with van der Waals surface area (Å²) in [5.74, 6) is 3.45. The Bertz CT molecular complexity index is 503. The second kappa shape index (κ2) is 4.41. The van der Waals surface area contributed by atoms with Crippen LogP contribution in [0.15, 0.2) is 29.0 Å². The Morgan fingerprint density at radius 1 is 1.50 bits per heavy atom.